The third kappa shape index (κ3) is 3.97. The van der Waals surface area contributed by atoms with E-state index in [2.05, 4.69) is 0 Å². The fourth-order valence-electron chi connectivity index (χ4n) is 1.47. The van der Waals surface area contributed by atoms with Crippen LogP contribution in [0, 0.1) is 0 Å². The molecule has 0 aliphatic heterocycles. The van der Waals surface area contributed by atoms with Crippen molar-refractivity contribution < 1.29 is 24.2 Å². The normalized spacial score (nSPS) is 10.6. The topological polar surface area (TPSA) is 77.8 Å². The molecule has 1 rings (SSSR count). The van der Waals surface area contributed by atoms with Crippen LogP contribution in [-0.2, 0) is 16.0 Å². The molecule has 0 fully saturated rings. The second-order valence-corrected chi connectivity index (χ2v) is 3.77. The highest BCUT2D eigenvalue weighted by atomic mass is 16.5. The Morgan fingerprint density at radius 3 is 2.61 bits per heavy atom. The van der Waals surface area contributed by atoms with E-state index in [0.717, 1.165) is 0 Å². The van der Waals surface area contributed by atoms with Crippen LogP contribution in [0.5, 0.6) is 0 Å². The molecule has 0 atom stereocenters. The van der Waals surface area contributed by atoms with E-state index in [1.165, 1.54) is 23.8 Å². The van der Waals surface area contributed by atoms with Crippen molar-refractivity contribution >= 4 is 11.8 Å². The van der Waals surface area contributed by atoms with Crippen LogP contribution >= 0.6 is 0 Å². The maximum absolute atomic E-state index is 11.2. The molecule has 0 aliphatic rings. The predicted octanol–water partition coefficient (Wildman–Crippen LogP) is 1.05. The molecular formula is C12H17NO5. The maximum atomic E-state index is 11.2. The third-order valence-electron chi connectivity index (χ3n) is 2.43. The molecule has 18 heavy (non-hydrogen) atoms. The summed E-state index contributed by atoms with van der Waals surface area (Å²) in [5, 5.41) is 9.01. The highest BCUT2D eigenvalue weighted by Gasteiger charge is 2.14. The fraction of sp³-hybridized carbons (Fsp3) is 0.500. The molecule has 6 nitrogen and oxygen atoms in total. The molecule has 0 unspecified atom stereocenters. The Hall–Kier alpha value is -1.66. The molecule has 1 aromatic heterocycles. The fourth-order valence-corrected chi connectivity index (χ4v) is 1.47. The summed E-state index contributed by atoms with van der Waals surface area (Å²) in [6.07, 6.45) is 1.53. The highest BCUT2D eigenvalue weighted by molar-refractivity contribution is 5.97. The average Bonchev–Trinajstić information content (AvgIpc) is 2.73. The SMILES string of the molecule is COCCOCCn1cc(C(C)=O)cc1C(=O)O. The molecule has 6 heteroatoms. The van der Waals surface area contributed by atoms with Crippen LogP contribution in [0.25, 0.3) is 0 Å². The van der Waals surface area contributed by atoms with E-state index in [-0.39, 0.29) is 11.5 Å². The quantitative estimate of drug-likeness (QED) is 0.555. The van der Waals surface area contributed by atoms with Crippen molar-refractivity contribution in [2.24, 2.45) is 0 Å². The van der Waals surface area contributed by atoms with Crippen molar-refractivity contribution in [3.05, 3.63) is 23.5 Å². The number of nitrogens with zero attached hydrogens (tertiary/aromatic N) is 1. The summed E-state index contributed by atoms with van der Waals surface area (Å²) in [5.41, 5.74) is 0.486. The van der Waals surface area contributed by atoms with Gasteiger partial charge in [0.25, 0.3) is 0 Å². The first-order chi connectivity index (χ1) is 8.56. The van der Waals surface area contributed by atoms with Gasteiger partial charge in [0.15, 0.2) is 5.78 Å². The van der Waals surface area contributed by atoms with Gasteiger partial charge in [-0.1, -0.05) is 0 Å². The van der Waals surface area contributed by atoms with E-state index < -0.39 is 5.97 Å². The monoisotopic (exact) mass is 255 g/mol. The van der Waals surface area contributed by atoms with Crippen LogP contribution in [0.3, 0.4) is 0 Å². The molecule has 0 spiro atoms. The summed E-state index contributed by atoms with van der Waals surface area (Å²) < 4.78 is 11.6. The lowest BCUT2D eigenvalue weighted by atomic mass is 10.2. The average molecular weight is 255 g/mol. The van der Waals surface area contributed by atoms with Gasteiger partial charge in [0.1, 0.15) is 5.69 Å². The summed E-state index contributed by atoms with van der Waals surface area (Å²) in [5.74, 6) is -1.21. The van der Waals surface area contributed by atoms with Crippen LogP contribution in [0.15, 0.2) is 12.3 Å². The summed E-state index contributed by atoms with van der Waals surface area (Å²) in [6.45, 7) is 3.12. The minimum absolute atomic E-state index is 0.0931. The van der Waals surface area contributed by atoms with Gasteiger partial charge in [-0.2, -0.15) is 0 Å². The molecule has 100 valence electrons. The molecule has 0 aliphatic carbocycles. The maximum Gasteiger partial charge on any atom is 0.352 e. The number of ketones is 1. The first-order valence-electron chi connectivity index (χ1n) is 5.57. The lowest BCUT2D eigenvalue weighted by Crippen LogP contribution is -2.13. The van der Waals surface area contributed by atoms with E-state index in [1.807, 2.05) is 0 Å². The Labute approximate surface area is 105 Å². The lowest BCUT2D eigenvalue weighted by Gasteiger charge is -2.06. The smallest absolute Gasteiger partial charge is 0.352 e. The molecular weight excluding hydrogens is 238 g/mol. The van der Waals surface area contributed by atoms with Crippen molar-refractivity contribution in [2.45, 2.75) is 13.5 Å². The van der Waals surface area contributed by atoms with E-state index in [9.17, 15) is 9.59 Å². The number of carbonyl (C=O) groups is 2. The number of aromatic nitrogens is 1. The van der Waals surface area contributed by atoms with Crippen molar-refractivity contribution in [1.82, 2.24) is 4.57 Å². The zero-order chi connectivity index (χ0) is 13.5. The Bertz CT molecular complexity index is 424. The zero-order valence-corrected chi connectivity index (χ0v) is 10.5. The van der Waals surface area contributed by atoms with Crippen molar-refractivity contribution in [2.75, 3.05) is 26.9 Å². The molecule has 1 N–H and O–H groups in total. The van der Waals surface area contributed by atoms with Gasteiger partial charge in [0.2, 0.25) is 0 Å². The van der Waals surface area contributed by atoms with Gasteiger partial charge in [-0.25, -0.2) is 4.79 Å². The molecule has 0 saturated carbocycles. The third-order valence-corrected chi connectivity index (χ3v) is 2.43. The Kier molecular flexibility index (Phi) is 5.54. The van der Waals surface area contributed by atoms with Crippen molar-refractivity contribution in [1.29, 1.82) is 0 Å². The number of Topliss-reactive ketones (excluding diaryl/α,β-unsaturated/α-hetero) is 1. The van der Waals surface area contributed by atoms with Gasteiger partial charge in [-0.15, -0.1) is 0 Å². The van der Waals surface area contributed by atoms with E-state index in [0.29, 0.717) is 31.9 Å². The van der Waals surface area contributed by atoms with Crippen LogP contribution < -0.4 is 0 Å². The van der Waals surface area contributed by atoms with Crippen LogP contribution in [0.1, 0.15) is 27.8 Å². The minimum atomic E-state index is -1.06. The molecule has 0 radical (unpaired) electrons. The van der Waals surface area contributed by atoms with Gasteiger partial charge >= 0.3 is 5.97 Å². The molecule has 0 amide bonds. The zero-order valence-electron chi connectivity index (χ0n) is 10.5. The number of ether oxygens (including phenoxy) is 2. The highest BCUT2D eigenvalue weighted by Crippen LogP contribution is 2.10. The number of carboxylic acid groups (broad SMARTS) is 1. The predicted molar refractivity (Wildman–Crippen MR) is 64.1 cm³/mol. The van der Waals surface area contributed by atoms with Crippen LogP contribution in [-0.4, -0.2) is 48.4 Å². The van der Waals surface area contributed by atoms with Gasteiger partial charge in [-0.3, -0.25) is 4.79 Å². The van der Waals surface area contributed by atoms with Gasteiger partial charge in [0, 0.05) is 25.4 Å². The molecule has 0 aromatic carbocycles. The number of aromatic carboxylic acids is 1. The summed E-state index contributed by atoms with van der Waals surface area (Å²) >= 11 is 0. The van der Waals surface area contributed by atoms with Gasteiger partial charge < -0.3 is 19.1 Å². The standard InChI is InChI=1S/C12H17NO5/c1-9(14)10-7-11(12(15)16)13(8-10)3-4-18-6-5-17-2/h7-8H,3-6H2,1-2H3,(H,15,16). The number of hydrogen-bond acceptors (Lipinski definition) is 4. The van der Waals surface area contributed by atoms with Crippen LogP contribution in [0.2, 0.25) is 0 Å². The Morgan fingerprint density at radius 1 is 1.33 bits per heavy atom. The Balaban J connectivity index is 2.63. The molecule has 0 saturated heterocycles. The summed E-state index contributed by atoms with van der Waals surface area (Å²) in [7, 11) is 1.58. The lowest BCUT2D eigenvalue weighted by molar-refractivity contribution is 0.0628. The van der Waals surface area contributed by atoms with Crippen molar-refractivity contribution in [3.8, 4) is 0 Å². The second kappa shape index (κ2) is 6.93. The largest absolute Gasteiger partial charge is 0.477 e. The van der Waals surface area contributed by atoms with Gasteiger partial charge in [0.05, 0.1) is 19.8 Å². The number of carbonyl (C=O) groups excluding carboxylic acids is 1. The first kappa shape index (κ1) is 14.4. The van der Waals surface area contributed by atoms with E-state index >= 15 is 0 Å². The van der Waals surface area contributed by atoms with Gasteiger partial charge in [-0.05, 0) is 13.0 Å². The second-order valence-electron chi connectivity index (χ2n) is 3.77. The number of carboxylic acids is 1. The minimum Gasteiger partial charge on any atom is -0.477 e. The number of hydrogen-bond donors (Lipinski definition) is 1. The van der Waals surface area contributed by atoms with E-state index in [1.54, 1.807) is 7.11 Å². The number of rotatable bonds is 8. The summed E-state index contributed by atoms with van der Waals surface area (Å²) in [4.78, 5) is 22.2. The number of methoxy groups -OCH3 is 1. The van der Waals surface area contributed by atoms with Crippen LogP contribution in [0.4, 0.5) is 0 Å². The first-order valence-corrected chi connectivity index (χ1v) is 5.57. The van der Waals surface area contributed by atoms with Crippen molar-refractivity contribution in [3.63, 3.8) is 0 Å². The Morgan fingerprint density at radius 2 is 2.06 bits per heavy atom. The molecule has 1 aromatic rings. The van der Waals surface area contributed by atoms with E-state index in [4.69, 9.17) is 14.6 Å². The summed E-state index contributed by atoms with van der Waals surface area (Å²) in [6, 6.07) is 1.37. The molecule has 0 bridgehead atoms. The molecule has 1 heterocycles.